The molecule has 2 aromatic heterocycles. The van der Waals surface area contributed by atoms with Crippen LogP contribution in [0.2, 0.25) is 0 Å². The van der Waals surface area contributed by atoms with Gasteiger partial charge in [-0.05, 0) is 50.7 Å². The maximum atomic E-state index is 4.43. The lowest BCUT2D eigenvalue weighted by Crippen LogP contribution is -2.40. The number of fused-ring (bicyclic) bond motifs is 1. The van der Waals surface area contributed by atoms with Crippen LogP contribution in [-0.4, -0.2) is 29.1 Å². The highest BCUT2D eigenvalue weighted by Crippen LogP contribution is 2.32. The summed E-state index contributed by atoms with van der Waals surface area (Å²) in [4.78, 5) is 9.95. The molecule has 0 bridgehead atoms. The van der Waals surface area contributed by atoms with E-state index in [0.29, 0.717) is 6.04 Å². The maximum Gasteiger partial charge on any atom is 0.139 e. The highest BCUT2D eigenvalue weighted by Gasteiger charge is 2.22. The molecular weight excluding hydrogens is 260 g/mol. The van der Waals surface area contributed by atoms with E-state index in [9.17, 15) is 0 Å². The molecule has 0 radical (unpaired) electrons. The molecule has 0 atom stereocenters. The summed E-state index contributed by atoms with van der Waals surface area (Å²) in [5, 5.41) is 4.59. The highest BCUT2D eigenvalue weighted by atomic mass is 15.2. The lowest BCUT2D eigenvalue weighted by atomic mass is 10.0. The Morgan fingerprint density at radius 3 is 2.71 bits per heavy atom. The number of piperidine rings is 1. The minimum atomic E-state index is 0.526. The summed E-state index contributed by atoms with van der Waals surface area (Å²) in [5.74, 6) is 0. The molecule has 21 heavy (non-hydrogen) atoms. The van der Waals surface area contributed by atoms with Crippen molar-refractivity contribution in [3.63, 3.8) is 0 Å². The quantitative estimate of drug-likeness (QED) is 0.906. The predicted molar refractivity (Wildman–Crippen MR) is 90.7 cm³/mol. The van der Waals surface area contributed by atoms with Crippen LogP contribution < -0.4 is 10.2 Å². The second kappa shape index (κ2) is 7.27. The molecule has 4 nitrogen and oxygen atoms in total. The summed E-state index contributed by atoms with van der Waals surface area (Å²) in [6.45, 7) is 12.3. The number of pyridine rings is 1. The minimum Gasteiger partial charge on any atom is -0.346 e. The van der Waals surface area contributed by atoms with Gasteiger partial charge in [0.1, 0.15) is 5.65 Å². The van der Waals surface area contributed by atoms with Crippen LogP contribution in [0.1, 0.15) is 32.3 Å². The number of nitrogens with zero attached hydrogens (tertiary/aromatic N) is 2. The van der Waals surface area contributed by atoms with Gasteiger partial charge in [-0.1, -0.05) is 20.4 Å². The van der Waals surface area contributed by atoms with E-state index in [1.165, 1.54) is 16.6 Å². The van der Waals surface area contributed by atoms with Crippen LogP contribution in [-0.2, 0) is 0 Å². The second-order valence-corrected chi connectivity index (χ2v) is 5.10. The van der Waals surface area contributed by atoms with E-state index in [0.717, 1.165) is 31.6 Å². The van der Waals surface area contributed by atoms with Crippen LogP contribution in [0.5, 0.6) is 0 Å². The predicted octanol–water partition coefficient (Wildman–Crippen LogP) is 3.60. The fourth-order valence-electron chi connectivity index (χ4n) is 2.94. The molecule has 3 heterocycles. The number of hydrogen-bond acceptors (Lipinski definition) is 3. The van der Waals surface area contributed by atoms with Crippen LogP contribution in [0.25, 0.3) is 11.0 Å². The summed E-state index contributed by atoms with van der Waals surface area (Å²) < 4.78 is 0. The van der Waals surface area contributed by atoms with Gasteiger partial charge in [-0.15, -0.1) is 0 Å². The average molecular weight is 286 g/mol. The fraction of sp³-hybridized carbons (Fsp3) is 0.471. The Hall–Kier alpha value is -1.81. The van der Waals surface area contributed by atoms with E-state index < -0.39 is 0 Å². The molecule has 0 amide bonds. The van der Waals surface area contributed by atoms with Crippen molar-refractivity contribution in [2.24, 2.45) is 0 Å². The van der Waals surface area contributed by atoms with E-state index in [1.54, 1.807) is 0 Å². The van der Waals surface area contributed by atoms with Crippen molar-refractivity contribution in [2.45, 2.75) is 39.7 Å². The van der Waals surface area contributed by atoms with Crippen LogP contribution in [0, 0.1) is 6.92 Å². The molecule has 1 saturated heterocycles. The maximum absolute atomic E-state index is 4.43. The van der Waals surface area contributed by atoms with Crippen LogP contribution in [0.4, 0.5) is 5.69 Å². The van der Waals surface area contributed by atoms with E-state index in [-0.39, 0.29) is 0 Å². The Bertz CT molecular complexity index is 581. The van der Waals surface area contributed by atoms with Crippen molar-refractivity contribution >= 4 is 16.7 Å². The number of aryl methyl sites for hydroxylation is 1. The van der Waals surface area contributed by atoms with Gasteiger partial charge in [0.15, 0.2) is 0 Å². The Balaban J connectivity index is 0.000000774. The molecule has 0 aliphatic carbocycles. The van der Waals surface area contributed by atoms with Gasteiger partial charge in [0.05, 0.1) is 5.69 Å². The number of nitrogens with one attached hydrogen (secondary N) is 2. The number of aromatic amines is 1. The molecule has 0 saturated carbocycles. The summed E-state index contributed by atoms with van der Waals surface area (Å²) >= 11 is 0. The molecular formula is C17H26N4. The van der Waals surface area contributed by atoms with E-state index in [2.05, 4.69) is 39.8 Å². The first-order chi connectivity index (χ1) is 10.3. The Morgan fingerprint density at radius 1 is 1.33 bits per heavy atom. The molecule has 1 aliphatic heterocycles. The van der Waals surface area contributed by atoms with Crippen LogP contribution in [0.3, 0.4) is 0 Å². The first kappa shape index (κ1) is 15.6. The van der Waals surface area contributed by atoms with Crippen molar-refractivity contribution in [2.75, 3.05) is 18.0 Å². The zero-order chi connectivity index (χ0) is 15.2. The monoisotopic (exact) mass is 286 g/mol. The number of H-pyrrole nitrogens is 1. The van der Waals surface area contributed by atoms with Crippen molar-refractivity contribution in [3.8, 4) is 0 Å². The van der Waals surface area contributed by atoms with Gasteiger partial charge in [0.25, 0.3) is 0 Å². The molecule has 3 rings (SSSR count). The molecule has 0 aromatic carbocycles. The first-order valence-electron chi connectivity index (χ1n) is 7.85. The van der Waals surface area contributed by atoms with Gasteiger partial charge < -0.3 is 15.2 Å². The Morgan fingerprint density at radius 2 is 2.05 bits per heavy atom. The van der Waals surface area contributed by atoms with E-state index in [4.69, 9.17) is 0 Å². The summed E-state index contributed by atoms with van der Waals surface area (Å²) in [6, 6.07) is 2.63. The van der Waals surface area contributed by atoms with Crippen LogP contribution >= 0.6 is 0 Å². The van der Waals surface area contributed by atoms with Crippen molar-refractivity contribution in [1.82, 2.24) is 15.3 Å². The van der Waals surface area contributed by atoms with Crippen molar-refractivity contribution in [1.29, 1.82) is 0 Å². The molecule has 4 heteroatoms. The van der Waals surface area contributed by atoms with Gasteiger partial charge in [0, 0.05) is 23.8 Å². The number of rotatable bonds is 3. The summed E-state index contributed by atoms with van der Waals surface area (Å²) in [6.07, 6.45) is 8.15. The number of hydrogen-bond donors (Lipinski definition) is 2. The van der Waals surface area contributed by atoms with E-state index in [1.807, 2.05) is 32.4 Å². The standard InChI is InChI=1S/C15H20N4.C2H6/c1-3-19(12-4-7-16-8-5-12)14-11(2)10-18-15-13(14)6-9-17-15;1-2/h3,6,9-10,12,16H,1,4-5,7-8H2,2H3,(H,17,18);1-2H3. The zero-order valence-corrected chi connectivity index (χ0v) is 13.3. The Kier molecular flexibility index (Phi) is 5.39. The van der Waals surface area contributed by atoms with E-state index >= 15 is 0 Å². The van der Waals surface area contributed by atoms with Gasteiger partial charge in [-0.25, -0.2) is 4.98 Å². The molecule has 0 unspecified atom stereocenters. The molecule has 0 spiro atoms. The highest BCUT2D eigenvalue weighted by molar-refractivity contribution is 5.92. The zero-order valence-electron chi connectivity index (χ0n) is 13.3. The fourth-order valence-corrected chi connectivity index (χ4v) is 2.94. The van der Waals surface area contributed by atoms with Gasteiger partial charge in [-0.3, -0.25) is 0 Å². The third-order valence-corrected chi connectivity index (χ3v) is 3.90. The van der Waals surface area contributed by atoms with Gasteiger partial charge in [-0.2, -0.15) is 0 Å². The topological polar surface area (TPSA) is 44.0 Å². The minimum absolute atomic E-state index is 0.526. The normalized spacial score (nSPS) is 15.4. The number of anilines is 1. The van der Waals surface area contributed by atoms with Crippen molar-refractivity contribution < 1.29 is 0 Å². The SMILES string of the molecule is C=CN(c1c(C)cnc2[nH]ccc12)C1CCNCC1.CC. The van der Waals surface area contributed by atoms with Gasteiger partial charge >= 0.3 is 0 Å². The summed E-state index contributed by atoms with van der Waals surface area (Å²) in [7, 11) is 0. The molecule has 1 fully saturated rings. The average Bonchev–Trinajstić information content (AvgIpc) is 3.02. The molecule has 114 valence electrons. The molecule has 2 N–H and O–H groups in total. The smallest absolute Gasteiger partial charge is 0.139 e. The third kappa shape index (κ3) is 3.10. The van der Waals surface area contributed by atoms with Gasteiger partial charge in [0.2, 0.25) is 0 Å². The second-order valence-electron chi connectivity index (χ2n) is 5.10. The lowest BCUT2D eigenvalue weighted by Gasteiger charge is -2.34. The van der Waals surface area contributed by atoms with Crippen LogP contribution in [0.15, 0.2) is 31.2 Å². The molecule has 1 aliphatic rings. The number of aromatic nitrogens is 2. The summed E-state index contributed by atoms with van der Waals surface area (Å²) in [5.41, 5.74) is 3.39. The largest absolute Gasteiger partial charge is 0.346 e. The third-order valence-electron chi connectivity index (χ3n) is 3.90. The lowest BCUT2D eigenvalue weighted by molar-refractivity contribution is 0.450. The molecule has 2 aromatic rings. The Labute approximate surface area is 127 Å². The first-order valence-corrected chi connectivity index (χ1v) is 7.85. The van der Waals surface area contributed by atoms with Crippen molar-refractivity contribution in [3.05, 3.63) is 36.8 Å².